The van der Waals surface area contributed by atoms with E-state index in [-0.39, 0.29) is 0 Å². The second kappa shape index (κ2) is 4.79. The van der Waals surface area contributed by atoms with Crippen molar-refractivity contribution in [1.29, 1.82) is 0 Å². The summed E-state index contributed by atoms with van der Waals surface area (Å²) in [7, 11) is 0. The quantitative estimate of drug-likeness (QED) is 0.851. The van der Waals surface area contributed by atoms with Crippen LogP contribution in [0.1, 0.15) is 12.5 Å². The van der Waals surface area contributed by atoms with Crippen molar-refractivity contribution >= 4 is 5.82 Å². The van der Waals surface area contributed by atoms with E-state index < -0.39 is 0 Å². The van der Waals surface area contributed by atoms with Crippen molar-refractivity contribution in [1.82, 2.24) is 14.8 Å². The van der Waals surface area contributed by atoms with Crippen LogP contribution in [0.3, 0.4) is 0 Å². The number of aromatic nitrogens is 3. The van der Waals surface area contributed by atoms with Crippen LogP contribution >= 0.6 is 0 Å². The normalized spacial score (nSPS) is 12.4. The number of aryl methyl sites for hydroxylation is 1. The molecule has 4 heteroatoms. The topological polar surface area (TPSA) is 42.7 Å². The van der Waals surface area contributed by atoms with Crippen molar-refractivity contribution in [2.75, 3.05) is 5.32 Å². The van der Waals surface area contributed by atoms with E-state index in [4.69, 9.17) is 0 Å². The molecule has 0 fully saturated rings. The van der Waals surface area contributed by atoms with Crippen molar-refractivity contribution in [2.24, 2.45) is 0 Å². The van der Waals surface area contributed by atoms with E-state index >= 15 is 0 Å². The van der Waals surface area contributed by atoms with Gasteiger partial charge in [-0.15, -0.1) is 0 Å². The van der Waals surface area contributed by atoms with E-state index in [1.54, 1.807) is 6.20 Å². The van der Waals surface area contributed by atoms with Crippen LogP contribution in [-0.4, -0.2) is 20.8 Å². The molecule has 1 N–H and O–H groups in total. The SMILES string of the molecule is Cc1ccnc(NC(C)Cn2cccn2)c1. The Kier molecular flexibility index (Phi) is 3.19. The molecule has 2 aromatic rings. The van der Waals surface area contributed by atoms with Gasteiger partial charge in [-0.25, -0.2) is 4.98 Å². The largest absolute Gasteiger partial charge is 0.366 e. The third-order valence-electron chi connectivity index (χ3n) is 2.33. The average Bonchev–Trinajstić information content (AvgIpc) is 2.70. The van der Waals surface area contributed by atoms with E-state index in [1.165, 1.54) is 5.56 Å². The Balaban J connectivity index is 1.94. The highest BCUT2D eigenvalue weighted by Gasteiger charge is 2.03. The van der Waals surface area contributed by atoms with Crippen molar-refractivity contribution < 1.29 is 0 Å². The molecular formula is C12H16N4. The van der Waals surface area contributed by atoms with E-state index in [2.05, 4.69) is 29.2 Å². The molecule has 0 bridgehead atoms. The van der Waals surface area contributed by atoms with Crippen LogP contribution in [0.5, 0.6) is 0 Å². The van der Waals surface area contributed by atoms with Crippen LogP contribution in [-0.2, 0) is 6.54 Å². The lowest BCUT2D eigenvalue weighted by atomic mass is 10.3. The Bertz CT molecular complexity index is 436. The fourth-order valence-corrected chi connectivity index (χ4v) is 1.60. The molecule has 4 nitrogen and oxygen atoms in total. The second-order valence-corrected chi connectivity index (χ2v) is 3.99. The molecule has 1 atom stereocenters. The van der Waals surface area contributed by atoms with Gasteiger partial charge in [-0.05, 0) is 37.6 Å². The summed E-state index contributed by atoms with van der Waals surface area (Å²) in [5.74, 6) is 0.916. The van der Waals surface area contributed by atoms with Gasteiger partial charge in [0.1, 0.15) is 5.82 Å². The van der Waals surface area contributed by atoms with Gasteiger partial charge < -0.3 is 5.32 Å². The Morgan fingerprint density at radius 1 is 1.44 bits per heavy atom. The molecule has 2 rings (SSSR count). The molecule has 0 spiro atoms. The lowest BCUT2D eigenvalue weighted by Crippen LogP contribution is -2.22. The van der Waals surface area contributed by atoms with Gasteiger partial charge >= 0.3 is 0 Å². The van der Waals surface area contributed by atoms with Crippen molar-refractivity contribution in [3.05, 3.63) is 42.4 Å². The number of hydrogen-bond acceptors (Lipinski definition) is 3. The van der Waals surface area contributed by atoms with E-state index in [1.807, 2.05) is 35.3 Å². The molecule has 0 aliphatic heterocycles. The molecule has 0 saturated heterocycles. The van der Waals surface area contributed by atoms with E-state index in [0.29, 0.717) is 6.04 Å². The summed E-state index contributed by atoms with van der Waals surface area (Å²) in [6.07, 6.45) is 5.57. The highest BCUT2D eigenvalue weighted by Crippen LogP contribution is 2.07. The summed E-state index contributed by atoms with van der Waals surface area (Å²) in [5.41, 5.74) is 1.21. The lowest BCUT2D eigenvalue weighted by molar-refractivity contribution is 0.559. The standard InChI is InChI=1S/C12H16N4/c1-10-4-6-13-12(8-10)15-11(2)9-16-7-3-5-14-16/h3-8,11H,9H2,1-2H3,(H,13,15). The maximum atomic E-state index is 4.27. The fourth-order valence-electron chi connectivity index (χ4n) is 1.60. The number of hydrogen-bond donors (Lipinski definition) is 1. The zero-order valence-corrected chi connectivity index (χ0v) is 9.59. The fraction of sp³-hybridized carbons (Fsp3) is 0.333. The lowest BCUT2D eigenvalue weighted by Gasteiger charge is -2.14. The molecular weight excluding hydrogens is 200 g/mol. The Morgan fingerprint density at radius 2 is 2.31 bits per heavy atom. The molecule has 0 amide bonds. The first-order valence-electron chi connectivity index (χ1n) is 5.40. The van der Waals surface area contributed by atoms with Gasteiger partial charge in [-0.3, -0.25) is 4.68 Å². The van der Waals surface area contributed by atoms with Crippen LogP contribution in [0, 0.1) is 6.92 Å². The number of anilines is 1. The summed E-state index contributed by atoms with van der Waals surface area (Å²) in [6, 6.07) is 6.26. The maximum Gasteiger partial charge on any atom is 0.126 e. The van der Waals surface area contributed by atoms with Gasteiger partial charge in [0.15, 0.2) is 0 Å². The Hall–Kier alpha value is -1.84. The van der Waals surface area contributed by atoms with Crippen LogP contribution in [0.4, 0.5) is 5.82 Å². The first-order valence-corrected chi connectivity index (χ1v) is 5.40. The molecule has 84 valence electrons. The predicted octanol–water partition coefficient (Wildman–Crippen LogP) is 2.09. The van der Waals surface area contributed by atoms with Crippen molar-refractivity contribution in [2.45, 2.75) is 26.4 Å². The molecule has 0 radical (unpaired) electrons. The summed E-state index contributed by atoms with van der Waals surface area (Å²) in [4.78, 5) is 4.27. The molecule has 0 aliphatic rings. The molecule has 0 aromatic carbocycles. The van der Waals surface area contributed by atoms with E-state index in [0.717, 1.165) is 12.4 Å². The third-order valence-corrected chi connectivity index (χ3v) is 2.33. The molecule has 16 heavy (non-hydrogen) atoms. The summed E-state index contributed by atoms with van der Waals surface area (Å²) < 4.78 is 1.91. The Labute approximate surface area is 95.3 Å². The molecule has 2 heterocycles. The monoisotopic (exact) mass is 216 g/mol. The predicted molar refractivity (Wildman–Crippen MR) is 64.3 cm³/mol. The zero-order chi connectivity index (χ0) is 11.4. The minimum atomic E-state index is 0.300. The van der Waals surface area contributed by atoms with Crippen LogP contribution in [0.25, 0.3) is 0 Å². The molecule has 0 aliphatic carbocycles. The zero-order valence-electron chi connectivity index (χ0n) is 9.59. The Morgan fingerprint density at radius 3 is 3.00 bits per heavy atom. The minimum Gasteiger partial charge on any atom is -0.366 e. The number of rotatable bonds is 4. The number of pyridine rings is 1. The van der Waals surface area contributed by atoms with Gasteiger partial charge in [-0.2, -0.15) is 5.10 Å². The van der Waals surface area contributed by atoms with Crippen LogP contribution in [0.15, 0.2) is 36.8 Å². The minimum absolute atomic E-state index is 0.300. The van der Waals surface area contributed by atoms with Crippen LogP contribution < -0.4 is 5.32 Å². The average molecular weight is 216 g/mol. The highest BCUT2D eigenvalue weighted by atomic mass is 15.3. The number of nitrogens with one attached hydrogen (secondary N) is 1. The van der Waals surface area contributed by atoms with Gasteiger partial charge in [0.25, 0.3) is 0 Å². The molecule has 1 unspecified atom stereocenters. The maximum absolute atomic E-state index is 4.27. The highest BCUT2D eigenvalue weighted by molar-refractivity contribution is 5.37. The third kappa shape index (κ3) is 2.82. The van der Waals surface area contributed by atoms with Crippen molar-refractivity contribution in [3.63, 3.8) is 0 Å². The number of nitrogens with zero attached hydrogens (tertiary/aromatic N) is 3. The molecule has 2 aromatic heterocycles. The summed E-state index contributed by atoms with van der Waals surface area (Å²) >= 11 is 0. The van der Waals surface area contributed by atoms with Crippen molar-refractivity contribution in [3.8, 4) is 0 Å². The summed E-state index contributed by atoms with van der Waals surface area (Å²) in [6.45, 7) is 5.01. The van der Waals surface area contributed by atoms with Gasteiger partial charge in [0.05, 0.1) is 6.54 Å². The smallest absolute Gasteiger partial charge is 0.126 e. The van der Waals surface area contributed by atoms with E-state index in [9.17, 15) is 0 Å². The van der Waals surface area contributed by atoms with Gasteiger partial charge in [-0.1, -0.05) is 0 Å². The first kappa shape index (κ1) is 10.7. The van der Waals surface area contributed by atoms with Gasteiger partial charge in [0.2, 0.25) is 0 Å². The summed E-state index contributed by atoms with van der Waals surface area (Å²) in [5, 5.41) is 7.52. The first-order chi connectivity index (χ1) is 7.74. The molecule has 0 saturated carbocycles. The second-order valence-electron chi connectivity index (χ2n) is 3.99. The van der Waals surface area contributed by atoms with Crippen LogP contribution in [0.2, 0.25) is 0 Å². The van der Waals surface area contributed by atoms with Gasteiger partial charge in [0, 0.05) is 24.6 Å².